The van der Waals surface area contributed by atoms with E-state index < -0.39 is 0 Å². The third-order valence-electron chi connectivity index (χ3n) is 3.04. The number of nitrogens with one attached hydrogen (secondary N) is 1. The zero-order valence-electron chi connectivity index (χ0n) is 10.0. The molecule has 1 atom stereocenters. The summed E-state index contributed by atoms with van der Waals surface area (Å²) >= 11 is 2.10. The Bertz CT molecular complexity index is 164. The van der Waals surface area contributed by atoms with Crippen molar-refractivity contribution in [2.45, 2.75) is 57.5 Å². The number of unbranched alkanes of at least 4 members (excludes halogenated alkanes) is 2. The van der Waals surface area contributed by atoms with E-state index in [4.69, 9.17) is 0 Å². The van der Waals surface area contributed by atoms with Gasteiger partial charge >= 0.3 is 0 Å². The monoisotopic (exact) mass is 227 g/mol. The summed E-state index contributed by atoms with van der Waals surface area (Å²) < 4.78 is 0. The van der Waals surface area contributed by atoms with Crippen molar-refractivity contribution < 1.29 is 0 Å². The molecule has 1 aliphatic heterocycles. The summed E-state index contributed by atoms with van der Waals surface area (Å²) in [5, 5.41) is 3.76. The molecule has 15 heavy (non-hydrogen) atoms. The summed E-state index contributed by atoms with van der Waals surface area (Å²) in [6.45, 7) is 6.08. The van der Waals surface area contributed by atoms with Crippen molar-refractivity contribution in [3.8, 4) is 0 Å². The second-order valence-corrected chi connectivity index (χ2v) is 5.75. The highest BCUT2D eigenvalue weighted by Crippen LogP contribution is 2.18. The van der Waals surface area contributed by atoms with Gasteiger partial charge < -0.3 is 5.32 Å². The van der Waals surface area contributed by atoms with Gasteiger partial charge in [-0.1, -0.05) is 12.5 Å². The van der Waals surface area contributed by atoms with Crippen LogP contribution < -0.4 is 5.32 Å². The van der Waals surface area contributed by atoms with Gasteiger partial charge in [0.05, 0.1) is 0 Å². The van der Waals surface area contributed by atoms with Crippen LogP contribution in [0.15, 0.2) is 12.7 Å². The number of hydrogen-bond donors (Lipinski definition) is 1. The van der Waals surface area contributed by atoms with Crippen LogP contribution in [0, 0.1) is 0 Å². The fourth-order valence-electron chi connectivity index (χ4n) is 2.09. The Balaban J connectivity index is 2.01. The van der Waals surface area contributed by atoms with Gasteiger partial charge in [-0.2, -0.15) is 11.8 Å². The molecule has 1 N–H and O–H groups in total. The highest BCUT2D eigenvalue weighted by Gasteiger charge is 2.14. The van der Waals surface area contributed by atoms with Gasteiger partial charge in [-0.25, -0.2) is 0 Å². The van der Waals surface area contributed by atoms with E-state index in [0.717, 1.165) is 6.04 Å². The molecule has 1 nitrogen and oxygen atoms in total. The van der Waals surface area contributed by atoms with E-state index in [2.05, 4.69) is 30.6 Å². The first-order chi connectivity index (χ1) is 7.33. The molecule has 88 valence electrons. The fraction of sp³-hybridized carbons (Fsp3) is 0.846. The third kappa shape index (κ3) is 6.26. The molecule has 0 amide bonds. The standard InChI is InChI=1S/C13H25NS/c1-3-4-5-6-7-12(2)14-13-8-10-15-11-9-13/h3,12-14H,1,4-11H2,2H3. The summed E-state index contributed by atoms with van der Waals surface area (Å²) in [6, 6.07) is 1.49. The molecule has 0 aromatic heterocycles. The quantitative estimate of drug-likeness (QED) is 0.527. The SMILES string of the molecule is C=CCCCCC(C)NC1CCSCC1. The lowest BCUT2D eigenvalue weighted by molar-refractivity contribution is 0.399. The minimum absolute atomic E-state index is 0.697. The summed E-state index contributed by atoms with van der Waals surface area (Å²) in [6.07, 6.45) is 9.88. The summed E-state index contributed by atoms with van der Waals surface area (Å²) in [7, 11) is 0. The molecular weight excluding hydrogens is 202 g/mol. The topological polar surface area (TPSA) is 12.0 Å². The lowest BCUT2D eigenvalue weighted by Gasteiger charge is -2.26. The molecule has 1 saturated heterocycles. The van der Waals surface area contributed by atoms with Crippen molar-refractivity contribution in [1.29, 1.82) is 0 Å². The van der Waals surface area contributed by atoms with Crippen molar-refractivity contribution in [1.82, 2.24) is 5.32 Å². The molecule has 1 aliphatic rings. The number of thioether (sulfide) groups is 1. The average molecular weight is 227 g/mol. The lowest BCUT2D eigenvalue weighted by atomic mass is 10.1. The van der Waals surface area contributed by atoms with E-state index in [0.29, 0.717) is 6.04 Å². The smallest absolute Gasteiger partial charge is 0.00852 e. The molecule has 1 fully saturated rings. The Morgan fingerprint density at radius 2 is 2.13 bits per heavy atom. The Kier molecular flexibility index (Phi) is 7.20. The van der Waals surface area contributed by atoms with Crippen LogP contribution >= 0.6 is 11.8 Å². The maximum atomic E-state index is 3.76. The van der Waals surface area contributed by atoms with Crippen LogP contribution in [0.2, 0.25) is 0 Å². The van der Waals surface area contributed by atoms with E-state index in [-0.39, 0.29) is 0 Å². The van der Waals surface area contributed by atoms with Crippen molar-refractivity contribution in [3.63, 3.8) is 0 Å². The Hall–Kier alpha value is 0.0500. The second-order valence-electron chi connectivity index (χ2n) is 4.53. The molecule has 1 heterocycles. The third-order valence-corrected chi connectivity index (χ3v) is 4.09. The lowest BCUT2D eigenvalue weighted by Crippen LogP contribution is -2.38. The van der Waals surface area contributed by atoms with E-state index in [1.165, 1.54) is 50.0 Å². The van der Waals surface area contributed by atoms with Crippen LogP contribution in [-0.2, 0) is 0 Å². The molecule has 0 aromatic rings. The first-order valence-electron chi connectivity index (χ1n) is 6.27. The van der Waals surface area contributed by atoms with Gasteiger partial charge in [-0.15, -0.1) is 6.58 Å². The van der Waals surface area contributed by atoms with Gasteiger partial charge in [0.25, 0.3) is 0 Å². The maximum absolute atomic E-state index is 3.76. The van der Waals surface area contributed by atoms with Crippen LogP contribution in [0.25, 0.3) is 0 Å². The molecule has 1 rings (SSSR count). The fourth-order valence-corrected chi connectivity index (χ4v) is 3.20. The zero-order valence-corrected chi connectivity index (χ0v) is 10.8. The van der Waals surface area contributed by atoms with Gasteiger partial charge in [0.2, 0.25) is 0 Å². The molecular formula is C13H25NS. The average Bonchev–Trinajstić information content (AvgIpc) is 2.26. The normalized spacial score (nSPS) is 20.1. The predicted octanol–water partition coefficient (Wildman–Crippen LogP) is 3.61. The van der Waals surface area contributed by atoms with E-state index in [1.807, 2.05) is 6.08 Å². The first kappa shape index (κ1) is 13.1. The van der Waals surface area contributed by atoms with Crippen LogP contribution in [0.3, 0.4) is 0 Å². The predicted molar refractivity (Wildman–Crippen MR) is 71.6 cm³/mol. The zero-order chi connectivity index (χ0) is 10.9. The van der Waals surface area contributed by atoms with E-state index in [1.54, 1.807) is 0 Å². The molecule has 0 radical (unpaired) electrons. The summed E-state index contributed by atoms with van der Waals surface area (Å²) in [5.41, 5.74) is 0. The summed E-state index contributed by atoms with van der Waals surface area (Å²) in [5.74, 6) is 2.70. The molecule has 0 saturated carbocycles. The van der Waals surface area contributed by atoms with Gasteiger partial charge in [0, 0.05) is 12.1 Å². The first-order valence-corrected chi connectivity index (χ1v) is 7.43. The van der Waals surface area contributed by atoms with E-state index in [9.17, 15) is 0 Å². The minimum Gasteiger partial charge on any atom is -0.311 e. The van der Waals surface area contributed by atoms with Gasteiger partial charge in [-0.05, 0) is 50.5 Å². The highest BCUT2D eigenvalue weighted by molar-refractivity contribution is 7.99. The van der Waals surface area contributed by atoms with Gasteiger partial charge in [0.15, 0.2) is 0 Å². The Morgan fingerprint density at radius 1 is 1.40 bits per heavy atom. The number of rotatable bonds is 7. The van der Waals surface area contributed by atoms with Crippen LogP contribution in [0.4, 0.5) is 0 Å². The number of hydrogen-bond acceptors (Lipinski definition) is 2. The highest BCUT2D eigenvalue weighted by atomic mass is 32.2. The van der Waals surface area contributed by atoms with Crippen LogP contribution in [0.5, 0.6) is 0 Å². The molecule has 0 bridgehead atoms. The maximum Gasteiger partial charge on any atom is 0.00852 e. The molecule has 0 aromatic carbocycles. The van der Waals surface area contributed by atoms with Crippen LogP contribution in [0.1, 0.15) is 45.4 Å². The second kappa shape index (κ2) is 8.23. The molecule has 0 aliphatic carbocycles. The van der Waals surface area contributed by atoms with Crippen molar-refractivity contribution in [3.05, 3.63) is 12.7 Å². The molecule has 2 heteroatoms. The summed E-state index contributed by atoms with van der Waals surface area (Å²) in [4.78, 5) is 0. The number of allylic oxidation sites excluding steroid dienone is 1. The van der Waals surface area contributed by atoms with Crippen molar-refractivity contribution in [2.24, 2.45) is 0 Å². The van der Waals surface area contributed by atoms with Gasteiger partial charge in [0.1, 0.15) is 0 Å². The van der Waals surface area contributed by atoms with Crippen molar-refractivity contribution in [2.75, 3.05) is 11.5 Å². The largest absolute Gasteiger partial charge is 0.311 e. The van der Waals surface area contributed by atoms with E-state index >= 15 is 0 Å². The molecule has 0 spiro atoms. The van der Waals surface area contributed by atoms with Crippen LogP contribution in [-0.4, -0.2) is 23.6 Å². The molecule has 1 unspecified atom stereocenters. The van der Waals surface area contributed by atoms with Crippen molar-refractivity contribution >= 4 is 11.8 Å². The minimum atomic E-state index is 0.697. The van der Waals surface area contributed by atoms with Gasteiger partial charge in [-0.3, -0.25) is 0 Å². The Morgan fingerprint density at radius 3 is 2.80 bits per heavy atom. The Labute approximate surface area is 99.1 Å².